The van der Waals surface area contributed by atoms with Gasteiger partial charge in [-0.15, -0.1) is 0 Å². The largest absolute Gasteiger partial charge is 0.490 e. The molecular weight excluding hydrogens is 314 g/mol. The van der Waals surface area contributed by atoms with Gasteiger partial charge in [0.2, 0.25) is 0 Å². The Morgan fingerprint density at radius 2 is 1.95 bits per heavy atom. The number of carbonyl (C=O) groups is 1. The van der Waals surface area contributed by atoms with E-state index in [-0.39, 0.29) is 10.2 Å². The third-order valence-electron chi connectivity index (χ3n) is 3.83. The maximum Gasteiger partial charge on any atom is 0.192 e. The van der Waals surface area contributed by atoms with Crippen LogP contribution in [0.3, 0.4) is 0 Å². The predicted molar refractivity (Wildman–Crippen MR) is 94.9 cm³/mol. The van der Waals surface area contributed by atoms with Crippen LogP contribution in [0, 0.1) is 0 Å². The van der Waals surface area contributed by atoms with Gasteiger partial charge in [-0.05, 0) is 29.8 Å². The molecule has 1 aromatic rings. The molecule has 0 radical (unpaired) electrons. The van der Waals surface area contributed by atoms with E-state index in [9.17, 15) is 4.79 Å². The molecule has 0 saturated carbocycles. The molecule has 0 aromatic carbocycles. The number of carbonyl (C=O) groups excluding carboxylic acids is 1. The summed E-state index contributed by atoms with van der Waals surface area (Å²) in [5.74, 6) is 1.35. The number of hydrogen-bond acceptors (Lipinski definition) is 5. The van der Waals surface area contributed by atoms with Crippen molar-refractivity contribution in [2.24, 2.45) is 0 Å². The third-order valence-corrected chi connectivity index (χ3v) is 9.26. The van der Waals surface area contributed by atoms with Gasteiger partial charge < -0.3 is 9.16 Å². The van der Waals surface area contributed by atoms with E-state index < -0.39 is 8.32 Å². The summed E-state index contributed by atoms with van der Waals surface area (Å²) >= 11 is 1.27. The molecule has 0 spiro atoms. The van der Waals surface area contributed by atoms with Crippen molar-refractivity contribution in [3.8, 4) is 5.75 Å². The van der Waals surface area contributed by atoms with Crippen molar-refractivity contribution >= 4 is 25.2 Å². The first-order chi connectivity index (χ1) is 10.1. The first-order valence-corrected chi connectivity index (χ1v) is 11.4. The quantitative estimate of drug-likeness (QED) is 0.548. The molecule has 0 N–H and O–H groups in total. The van der Waals surface area contributed by atoms with Gasteiger partial charge in [0.25, 0.3) is 0 Å². The van der Waals surface area contributed by atoms with Crippen LogP contribution >= 0.6 is 11.8 Å². The Labute approximate surface area is 139 Å². The van der Waals surface area contributed by atoms with E-state index in [0.29, 0.717) is 19.0 Å². The third kappa shape index (κ3) is 6.50. The molecule has 1 aromatic heterocycles. The van der Waals surface area contributed by atoms with Crippen LogP contribution in [0.5, 0.6) is 5.75 Å². The summed E-state index contributed by atoms with van der Waals surface area (Å²) in [6.07, 6.45) is 3.45. The second-order valence-electron chi connectivity index (χ2n) is 6.77. The summed E-state index contributed by atoms with van der Waals surface area (Å²) in [5.41, 5.74) is 0.989. The highest BCUT2D eigenvalue weighted by Gasteiger charge is 2.36. The number of hydrogen-bond donors (Lipinski definition) is 0. The van der Waals surface area contributed by atoms with E-state index in [1.165, 1.54) is 11.8 Å². The minimum atomic E-state index is -1.72. The smallest absolute Gasteiger partial charge is 0.192 e. The summed E-state index contributed by atoms with van der Waals surface area (Å²) < 4.78 is 11.8. The van der Waals surface area contributed by atoms with Crippen LogP contribution in [-0.4, -0.2) is 31.6 Å². The van der Waals surface area contributed by atoms with Gasteiger partial charge in [0.05, 0.1) is 12.8 Å². The molecule has 22 heavy (non-hydrogen) atoms. The van der Waals surface area contributed by atoms with Gasteiger partial charge in [-0.1, -0.05) is 32.5 Å². The monoisotopic (exact) mass is 341 g/mol. The predicted octanol–water partition coefficient (Wildman–Crippen LogP) is 4.26. The van der Waals surface area contributed by atoms with Crippen molar-refractivity contribution in [1.29, 1.82) is 0 Å². The van der Waals surface area contributed by atoms with Crippen molar-refractivity contribution in [3.63, 3.8) is 0 Å². The Balaban J connectivity index is 2.42. The second kappa shape index (κ2) is 8.13. The van der Waals surface area contributed by atoms with Crippen LogP contribution in [0.25, 0.3) is 0 Å². The minimum Gasteiger partial charge on any atom is -0.490 e. The Morgan fingerprint density at radius 1 is 1.27 bits per heavy atom. The van der Waals surface area contributed by atoms with Gasteiger partial charge in [-0.3, -0.25) is 9.78 Å². The molecule has 0 saturated heterocycles. The molecule has 1 rings (SSSR count). The Kier molecular flexibility index (Phi) is 7.09. The molecule has 0 fully saturated rings. The van der Waals surface area contributed by atoms with Crippen LogP contribution < -0.4 is 4.74 Å². The number of aromatic nitrogens is 1. The average molecular weight is 342 g/mol. The highest BCUT2D eigenvalue weighted by Crippen LogP contribution is 2.36. The van der Waals surface area contributed by atoms with Crippen molar-refractivity contribution < 1.29 is 14.0 Å². The van der Waals surface area contributed by atoms with Crippen LogP contribution in [0.4, 0.5) is 0 Å². The first kappa shape index (κ1) is 19.2. The maximum atomic E-state index is 11.0. The Bertz CT molecular complexity index is 500. The molecule has 0 amide bonds. The Morgan fingerprint density at radius 3 is 2.55 bits per heavy atom. The topological polar surface area (TPSA) is 48.4 Å². The van der Waals surface area contributed by atoms with E-state index in [1.54, 1.807) is 19.3 Å². The molecule has 0 aliphatic rings. The molecule has 0 aliphatic heterocycles. The molecule has 0 bridgehead atoms. The molecule has 0 unspecified atom stereocenters. The van der Waals surface area contributed by atoms with E-state index in [1.807, 2.05) is 6.07 Å². The summed E-state index contributed by atoms with van der Waals surface area (Å²) in [6.45, 7) is 13.8. The molecule has 6 heteroatoms. The number of rotatable bonds is 7. The number of pyridine rings is 1. The van der Waals surface area contributed by atoms with Gasteiger partial charge in [0, 0.05) is 18.9 Å². The second-order valence-corrected chi connectivity index (χ2v) is 12.7. The average Bonchev–Trinajstić information content (AvgIpc) is 2.40. The van der Waals surface area contributed by atoms with Crippen molar-refractivity contribution in [2.45, 2.75) is 51.6 Å². The molecule has 0 atom stereocenters. The summed E-state index contributed by atoms with van der Waals surface area (Å²) in [6, 6.07) is 1.93. The maximum absolute atomic E-state index is 11.0. The van der Waals surface area contributed by atoms with Crippen LogP contribution in [0.1, 0.15) is 33.3 Å². The normalized spacial score (nSPS) is 12.3. The van der Waals surface area contributed by atoms with Gasteiger partial charge >= 0.3 is 0 Å². The molecule has 1 heterocycles. The summed E-state index contributed by atoms with van der Waals surface area (Å²) in [4.78, 5) is 15.1. The van der Waals surface area contributed by atoms with Crippen LogP contribution in [0.15, 0.2) is 18.5 Å². The number of thioether (sulfide) groups is 1. The highest BCUT2D eigenvalue weighted by molar-refractivity contribution is 8.12. The minimum absolute atomic E-state index is 0.106. The molecular formula is C16H27NO3SSi. The molecule has 124 valence electrons. The highest BCUT2D eigenvalue weighted by atomic mass is 32.2. The lowest BCUT2D eigenvalue weighted by molar-refractivity contribution is -0.109. The van der Waals surface area contributed by atoms with Gasteiger partial charge in [0.15, 0.2) is 13.4 Å². The summed E-state index contributed by atoms with van der Waals surface area (Å²) in [7, 11) is -1.72. The van der Waals surface area contributed by atoms with Crippen molar-refractivity contribution in [2.75, 3.05) is 13.2 Å². The molecule has 4 nitrogen and oxygen atoms in total. The van der Waals surface area contributed by atoms with Gasteiger partial charge in [-0.25, -0.2) is 0 Å². The van der Waals surface area contributed by atoms with E-state index >= 15 is 0 Å². The lowest BCUT2D eigenvalue weighted by Gasteiger charge is -2.36. The van der Waals surface area contributed by atoms with Crippen LogP contribution in [-0.2, 0) is 15.0 Å². The van der Waals surface area contributed by atoms with E-state index in [0.717, 1.165) is 11.3 Å². The number of ether oxygens (including phenoxy) is 1. The molecule has 0 aliphatic carbocycles. The fourth-order valence-electron chi connectivity index (χ4n) is 1.48. The number of nitrogens with zero attached hydrogens (tertiary/aromatic N) is 1. The van der Waals surface area contributed by atoms with Gasteiger partial charge in [0.1, 0.15) is 12.4 Å². The lowest BCUT2D eigenvalue weighted by Crippen LogP contribution is -2.41. The standard InChI is InChI=1S/C16H27NO3SSi/c1-13(18)21-12-14-9-15(11-17-10-14)19-7-8-20-22(5,6)16(2,3)4/h9-11H,7-8,12H2,1-6H3. The van der Waals surface area contributed by atoms with Crippen LogP contribution in [0.2, 0.25) is 18.1 Å². The zero-order valence-corrected chi connectivity index (χ0v) is 16.3. The Hall–Kier alpha value is -0.853. The first-order valence-electron chi connectivity index (χ1n) is 7.46. The SMILES string of the molecule is CC(=O)SCc1cncc(OCCO[Si](C)(C)C(C)(C)C)c1. The summed E-state index contributed by atoms with van der Waals surface area (Å²) in [5, 5.41) is 0.312. The van der Waals surface area contributed by atoms with Crippen molar-refractivity contribution in [3.05, 3.63) is 24.0 Å². The zero-order chi connectivity index (χ0) is 16.8. The van der Waals surface area contributed by atoms with Crippen molar-refractivity contribution in [1.82, 2.24) is 4.98 Å². The fourth-order valence-corrected chi connectivity index (χ4v) is 3.03. The van der Waals surface area contributed by atoms with Gasteiger partial charge in [-0.2, -0.15) is 0 Å². The zero-order valence-electron chi connectivity index (χ0n) is 14.4. The lowest BCUT2D eigenvalue weighted by atomic mass is 10.2. The van der Waals surface area contributed by atoms with E-state index in [2.05, 4.69) is 38.8 Å². The van der Waals surface area contributed by atoms with E-state index in [4.69, 9.17) is 9.16 Å². The fraction of sp³-hybridized carbons (Fsp3) is 0.625.